The quantitative estimate of drug-likeness (QED) is 0.215. The summed E-state index contributed by atoms with van der Waals surface area (Å²) < 4.78 is 0. The number of hydrogen-bond donors (Lipinski definition) is 1. The van der Waals surface area contributed by atoms with Crippen molar-refractivity contribution in [3.63, 3.8) is 0 Å². The SMILES string of the molecule is CCCCCCCC(O)Br.c1ccc(P(c2ccccc2)c2ccccc2)cc1. The van der Waals surface area contributed by atoms with Gasteiger partial charge in [-0.1, -0.05) is 140 Å². The summed E-state index contributed by atoms with van der Waals surface area (Å²) in [5, 5.41) is 12.7. The van der Waals surface area contributed by atoms with Gasteiger partial charge in [-0.2, -0.15) is 0 Å². The van der Waals surface area contributed by atoms with Crippen LogP contribution in [-0.2, 0) is 0 Å². The number of unbranched alkanes of at least 4 members (excludes halogenated alkanes) is 4. The number of aliphatic hydroxyl groups is 1. The van der Waals surface area contributed by atoms with E-state index in [0.717, 1.165) is 12.8 Å². The second-order valence-electron chi connectivity index (χ2n) is 6.98. The van der Waals surface area contributed by atoms with Crippen molar-refractivity contribution in [3.05, 3.63) is 91.0 Å². The van der Waals surface area contributed by atoms with Crippen LogP contribution in [0.1, 0.15) is 45.4 Å². The Bertz CT molecular complexity index is 669. The third-order valence-electron chi connectivity index (χ3n) is 4.59. The zero-order valence-corrected chi connectivity index (χ0v) is 19.7. The van der Waals surface area contributed by atoms with E-state index in [4.69, 9.17) is 5.11 Å². The molecule has 0 aliphatic rings. The zero-order chi connectivity index (χ0) is 20.7. The number of aliphatic hydroxyl groups excluding tert-OH is 1. The highest BCUT2D eigenvalue weighted by Crippen LogP contribution is 2.32. The summed E-state index contributed by atoms with van der Waals surface area (Å²) in [7, 11) is -0.446. The van der Waals surface area contributed by atoms with Crippen LogP contribution >= 0.6 is 23.9 Å². The largest absolute Gasteiger partial charge is 0.382 e. The van der Waals surface area contributed by atoms with E-state index in [0.29, 0.717) is 0 Å². The Morgan fingerprint density at radius 3 is 1.38 bits per heavy atom. The van der Waals surface area contributed by atoms with Crippen LogP contribution in [0.2, 0.25) is 0 Å². The molecule has 0 aliphatic carbocycles. The van der Waals surface area contributed by atoms with Crippen molar-refractivity contribution in [2.24, 2.45) is 0 Å². The average molecular weight is 471 g/mol. The minimum atomic E-state index is -0.446. The van der Waals surface area contributed by atoms with Gasteiger partial charge in [-0.25, -0.2) is 0 Å². The van der Waals surface area contributed by atoms with E-state index in [1.54, 1.807) is 0 Å². The van der Waals surface area contributed by atoms with Gasteiger partial charge in [0.25, 0.3) is 0 Å². The molecule has 0 saturated carbocycles. The lowest BCUT2D eigenvalue weighted by Gasteiger charge is -2.18. The van der Waals surface area contributed by atoms with Crippen LogP contribution in [-0.4, -0.2) is 10.1 Å². The van der Waals surface area contributed by atoms with E-state index in [1.807, 2.05) is 0 Å². The Hall–Kier alpha value is -1.47. The lowest BCUT2D eigenvalue weighted by Crippen LogP contribution is -2.20. The van der Waals surface area contributed by atoms with Crippen molar-refractivity contribution in [2.45, 2.75) is 50.5 Å². The average Bonchev–Trinajstić information content (AvgIpc) is 2.76. The Labute approximate surface area is 186 Å². The lowest BCUT2D eigenvalue weighted by molar-refractivity contribution is 0.254. The fourth-order valence-electron chi connectivity index (χ4n) is 3.09. The normalized spacial score (nSPS) is 11.6. The number of halogens is 1. The van der Waals surface area contributed by atoms with Crippen molar-refractivity contribution < 1.29 is 5.11 Å². The van der Waals surface area contributed by atoms with Crippen LogP contribution in [0.4, 0.5) is 0 Å². The zero-order valence-electron chi connectivity index (χ0n) is 17.3. The molecule has 0 heterocycles. The van der Waals surface area contributed by atoms with Gasteiger partial charge in [-0.05, 0) is 36.7 Å². The van der Waals surface area contributed by atoms with Crippen molar-refractivity contribution in [1.82, 2.24) is 0 Å². The first-order valence-electron chi connectivity index (χ1n) is 10.5. The van der Waals surface area contributed by atoms with Crippen LogP contribution in [0.25, 0.3) is 0 Å². The maximum atomic E-state index is 8.83. The van der Waals surface area contributed by atoms with Gasteiger partial charge < -0.3 is 5.11 Å². The molecule has 1 unspecified atom stereocenters. The van der Waals surface area contributed by atoms with Gasteiger partial charge in [-0.3, -0.25) is 0 Å². The Balaban J connectivity index is 0.000000257. The molecule has 3 rings (SSSR count). The molecule has 0 spiro atoms. The van der Waals surface area contributed by atoms with E-state index in [2.05, 4.69) is 114 Å². The summed E-state index contributed by atoms with van der Waals surface area (Å²) in [6, 6.07) is 32.3. The first kappa shape index (κ1) is 23.8. The first-order valence-corrected chi connectivity index (χ1v) is 12.8. The van der Waals surface area contributed by atoms with Gasteiger partial charge >= 0.3 is 0 Å². The maximum absolute atomic E-state index is 8.83. The molecule has 0 aromatic heterocycles. The first-order chi connectivity index (χ1) is 14.2. The topological polar surface area (TPSA) is 20.2 Å². The number of hydrogen-bond acceptors (Lipinski definition) is 1. The highest BCUT2D eigenvalue weighted by atomic mass is 79.9. The smallest absolute Gasteiger partial charge is 0.109 e. The molecule has 29 heavy (non-hydrogen) atoms. The van der Waals surface area contributed by atoms with Gasteiger partial charge in [0.2, 0.25) is 0 Å². The van der Waals surface area contributed by atoms with Gasteiger partial charge in [0.15, 0.2) is 0 Å². The number of alkyl halides is 1. The molecular formula is C26H32BrOP. The van der Waals surface area contributed by atoms with Crippen molar-refractivity contribution >= 4 is 39.8 Å². The summed E-state index contributed by atoms with van der Waals surface area (Å²) in [4.78, 5) is 0. The summed E-state index contributed by atoms with van der Waals surface area (Å²) in [5.41, 5.74) is 0. The van der Waals surface area contributed by atoms with Gasteiger partial charge in [0, 0.05) is 0 Å². The van der Waals surface area contributed by atoms with E-state index >= 15 is 0 Å². The fraction of sp³-hybridized carbons (Fsp3) is 0.308. The third kappa shape index (κ3) is 9.26. The van der Waals surface area contributed by atoms with E-state index in [9.17, 15) is 0 Å². The van der Waals surface area contributed by atoms with Gasteiger partial charge in [-0.15, -0.1) is 0 Å². The molecule has 1 atom stereocenters. The summed E-state index contributed by atoms with van der Waals surface area (Å²) in [6.45, 7) is 2.21. The van der Waals surface area contributed by atoms with Crippen LogP contribution in [0.15, 0.2) is 91.0 Å². The molecular weight excluding hydrogens is 439 g/mol. The second kappa shape index (κ2) is 14.5. The van der Waals surface area contributed by atoms with Gasteiger partial charge in [0.05, 0.1) is 0 Å². The molecule has 0 saturated heterocycles. The highest BCUT2D eigenvalue weighted by molar-refractivity contribution is 9.09. The number of rotatable bonds is 9. The molecule has 0 aliphatic heterocycles. The third-order valence-corrected chi connectivity index (χ3v) is 7.49. The molecule has 3 aromatic rings. The Kier molecular flexibility index (Phi) is 11.9. The van der Waals surface area contributed by atoms with Crippen molar-refractivity contribution in [1.29, 1.82) is 0 Å². The van der Waals surface area contributed by atoms with Crippen LogP contribution in [0.5, 0.6) is 0 Å². The standard InChI is InChI=1S/C18H15P.C8H17BrO/c1-4-10-16(11-5-1)19(17-12-6-2-7-13-17)18-14-8-3-9-15-18;1-2-3-4-5-6-7-8(9)10/h1-15H;8,10H,2-7H2,1H3. The van der Waals surface area contributed by atoms with E-state index in [1.165, 1.54) is 41.6 Å². The van der Waals surface area contributed by atoms with Crippen LogP contribution in [0.3, 0.4) is 0 Å². The second-order valence-corrected chi connectivity index (χ2v) is 10.3. The fourth-order valence-corrected chi connectivity index (χ4v) is 5.72. The molecule has 0 bridgehead atoms. The molecule has 3 aromatic carbocycles. The maximum Gasteiger partial charge on any atom is 0.109 e. The van der Waals surface area contributed by atoms with Crippen LogP contribution in [0, 0.1) is 0 Å². The molecule has 1 N–H and O–H groups in total. The molecule has 3 heteroatoms. The summed E-state index contributed by atoms with van der Waals surface area (Å²) in [6.07, 6.45) is 7.23. The monoisotopic (exact) mass is 470 g/mol. The van der Waals surface area contributed by atoms with Gasteiger partial charge in [0.1, 0.15) is 5.01 Å². The van der Waals surface area contributed by atoms with E-state index in [-0.39, 0.29) is 5.01 Å². The molecule has 0 amide bonds. The Morgan fingerprint density at radius 2 is 1.03 bits per heavy atom. The Morgan fingerprint density at radius 1 is 0.655 bits per heavy atom. The predicted octanol–water partition coefficient (Wildman–Crippen LogP) is 6.51. The van der Waals surface area contributed by atoms with E-state index < -0.39 is 7.92 Å². The molecule has 1 nitrogen and oxygen atoms in total. The predicted molar refractivity (Wildman–Crippen MR) is 133 cm³/mol. The molecule has 0 radical (unpaired) electrons. The lowest BCUT2D eigenvalue weighted by atomic mass is 10.1. The number of benzene rings is 3. The van der Waals surface area contributed by atoms with Crippen molar-refractivity contribution in [3.8, 4) is 0 Å². The summed E-state index contributed by atoms with van der Waals surface area (Å²) in [5.74, 6) is 0. The summed E-state index contributed by atoms with van der Waals surface area (Å²) >= 11 is 3.10. The molecule has 0 fully saturated rings. The minimum absolute atomic E-state index is 0.283. The molecule has 154 valence electrons. The minimum Gasteiger partial charge on any atom is -0.382 e. The van der Waals surface area contributed by atoms with Crippen LogP contribution < -0.4 is 15.9 Å². The van der Waals surface area contributed by atoms with Crippen molar-refractivity contribution in [2.75, 3.05) is 0 Å². The highest BCUT2D eigenvalue weighted by Gasteiger charge is 2.14.